The van der Waals surface area contributed by atoms with Crippen molar-refractivity contribution in [1.29, 1.82) is 0 Å². The molecule has 0 aromatic rings. The molecule has 8 heterocycles. The van der Waals surface area contributed by atoms with Crippen molar-refractivity contribution in [2.75, 3.05) is 33.4 Å². The SMILES string of the molecule is C[C@@H]1CC[C@H]2[C@@H](C)[C@](OCCN(C)CCO[C@@]3(C(F)(F)F)O[C@@H]4O[C@]5(C)CC[C@H]6[C@H](C)CC[C@@H]([C@H]3C)[C@@]46OO5)(C(F)(F)F)O[C@@H]3O[C@@]4(C)CC[C@@H]1[C@]32OO4. The smallest absolute Gasteiger partial charge is 0.341 e. The van der Waals surface area contributed by atoms with E-state index in [1.165, 1.54) is 13.8 Å². The largest absolute Gasteiger partial charge is 0.443 e. The number of rotatable bonds is 8. The Balaban J connectivity index is 0.958. The predicted octanol–water partition coefficient (Wildman–Crippen LogP) is 7.23. The maximum Gasteiger partial charge on any atom is 0.443 e. The zero-order valence-electron chi connectivity index (χ0n) is 32.1. The normalized spacial score (nSPS) is 52.8. The number of fused-ring (bicyclic) bond motifs is 4. The van der Waals surface area contributed by atoms with Crippen LogP contribution in [0.4, 0.5) is 26.3 Å². The Morgan fingerprint density at radius 1 is 0.556 bits per heavy atom. The summed E-state index contributed by atoms with van der Waals surface area (Å²) in [6.45, 7) is 9.35. The maximum absolute atomic E-state index is 15.2. The van der Waals surface area contributed by atoms with Crippen LogP contribution < -0.4 is 0 Å². The lowest BCUT2D eigenvalue weighted by atomic mass is 9.57. The molecule has 11 nitrogen and oxygen atoms in total. The summed E-state index contributed by atoms with van der Waals surface area (Å²) in [5.74, 6) is -12.2. The van der Waals surface area contributed by atoms with Gasteiger partial charge < -0.3 is 33.3 Å². The lowest BCUT2D eigenvalue weighted by Crippen LogP contribution is -2.76. The first-order chi connectivity index (χ1) is 25.2. The van der Waals surface area contributed by atoms with Gasteiger partial charge in [-0.25, -0.2) is 19.6 Å². The van der Waals surface area contributed by atoms with Gasteiger partial charge in [-0.3, -0.25) is 0 Å². The van der Waals surface area contributed by atoms with Crippen LogP contribution in [0.5, 0.6) is 0 Å². The number of hydrogen-bond donors (Lipinski definition) is 0. The van der Waals surface area contributed by atoms with Gasteiger partial charge in [0.1, 0.15) is 0 Å². The lowest BCUT2D eigenvalue weighted by molar-refractivity contribution is -0.599. The minimum atomic E-state index is -4.95. The molecule has 54 heavy (non-hydrogen) atoms. The highest BCUT2D eigenvalue weighted by atomic mass is 19.4. The van der Waals surface area contributed by atoms with Gasteiger partial charge in [0.15, 0.2) is 23.8 Å². The second-order valence-corrected chi connectivity index (χ2v) is 18.0. The molecule has 10 aliphatic rings. The Morgan fingerprint density at radius 2 is 0.944 bits per heavy atom. The van der Waals surface area contributed by atoms with Crippen molar-refractivity contribution < 1.29 is 74.3 Å². The molecule has 2 saturated carbocycles. The molecule has 0 radical (unpaired) electrons. The van der Waals surface area contributed by atoms with Crippen LogP contribution in [0.25, 0.3) is 0 Å². The number of ether oxygens (including phenoxy) is 6. The fraction of sp³-hybridized carbons (Fsp3) is 1.00. The molecule has 0 aromatic heterocycles. The monoisotopic (exact) mass is 787 g/mol. The fourth-order valence-electron chi connectivity index (χ4n) is 11.8. The average molecular weight is 788 g/mol. The van der Waals surface area contributed by atoms with E-state index in [0.29, 0.717) is 51.4 Å². The minimum Gasteiger partial charge on any atom is -0.341 e. The lowest BCUT2D eigenvalue weighted by Gasteiger charge is -2.63. The molecule has 8 aliphatic heterocycles. The summed E-state index contributed by atoms with van der Waals surface area (Å²) in [6, 6.07) is 0. The van der Waals surface area contributed by atoms with Crippen LogP contribution >= 0.6 is 0 Å². The Labute approximate surface area is 312 Å². The van der Waals surface area contributed by atoms with Crippen molar-refractivity contribution in [2.45, 2.75) is 152 Å². The summed E-state index contributed by atoms with van der Waals surface area (Å²) in [5, 5.41) is 0. The summed E-state index contributed by atoms with van der Waals surface area (Å²) >= 11 is 0. The molecule has 16 atom stereocenters. The van der Waals surface area contributed by atoms with E-state index in [2.05, 4.69) is 13.8 Å². The Kier molecular flexibility index (Phi) is 9.67. The summed E-state index contributed by atoms with van der Waals surface area (Å²) in [7, 11) is 1.58. The van der Waals surface area contributed by atoms with E-state index >= 15 is 26.3 Å². The van der Waals surface area contributed by atoms with E-state index in [9.17, 15) is 0 Å². The second-order valence-electron chi connectivity index (χ2n) is 18.0. The van der Waals surface area contributed by atoms with Crippen molar-refractivity contribution in [3.63, 3.8) is 0 Å². The third-order valence-corrected chi connectivity index (χ3v) is 14.9. The van der Waals surface area contributed by atoms with Crippen LogP contribution in [0.15, 0.2) is 0 Å². The van der Waals surface area contributed by atoms with Crippen LogP contribution in [0.3, 0.4) is 0 Å². The molecular formula is C37H55F6NO10. The van der Waals surface area contributed by atoms with E-state index in [0.717, 1.165) is 0 Å². The molecule has 2 spiro atoms. The molecule has 0 amide bonds. The fourth-order valence-corrected chi connectivity index (χ4v) is 11.8. The Hall–Kier alpha value is -0.860. The third kappa shape index (κ3) is 5.63. The van der Waals surface area contributed by atoms with Crippen LogP contribution in [-0.2, 0) is 48.0 Å². The van der Waals surface area contributed by atoms with Crippen molar-refractivity contribution in [2.24, 2.45) is 47.3 Å². The van der Waals surface area contributed by atoms with Gasteiger partial charge in [-0.05, 0) is 83.1 Å². The summed E-state index contributed by atoms with van der Waals surface area (Å²) < 4.78 is 127. The van der Waals surface area contributed by atoms with Crippen molar-refractivity contribution in [3.05, 3.63) is 0 Å². The van der Waals surface area contributed by atoms with Gasteiger partial charge >= 0.3 is 12.4 Å². The topological polar surface area (TPSA) is 95.5 Å². The maximum atomic E-state index is 15.2. The molecular weight excluding hydrogens is 732 g/mol. The highest BCUT2D eigenvalue weighted by molar-refractivity contribution is 5.14. The van der Waals surface area contributed by atoms with Gasteiger partial charge in [-0.1, -0.05) is 27.7 Å². The molecule has 17 heteroatoms. The summed E-state index contributed by atoms with van der Waals surface area (Å²) in [4.78, 5) is 25.1. The first kappa shape index (κ1) is 39.9. The van der Waals surface area contributed by atoms with Crippen molar-refractivity contribution in [3.8, 4) is 0 Å². The molecule has 4 bridgehead atoms. The standard InChI is InChI=1S/C37H55F6NO10/c1-20-8-10-26-22(3)34(36(38,39)40,49-28-32(26)24(20)12-14-30(5,47-28)51-53-32)45-18-16-44(7)17-19-46-35(37(41,42)43)23(4)27-11-9-21(2)25-13-15-31(6)48-29(50-35)33(25,27)54-52-31/h20-29H,8-19H2,1-7H3/t20-,21-,22-,23-,24+,25+,26+,27+,28+,29+,30-,31+,32-,33-,34-,35-/m1/s1. The average Bonchev–Trinajstić information content (AvgIpc) is 3.46. The molecule has 0 unspecified atom stereocenters. The number of hydrogen-bond acceptors (Lipinski definition) is 11. The van der Waals surface area contributed by atoms with E-state index in [4.69, 9.17) is 48.0 Å². The molecule has 10 fully saturated rings. The quantitative estimate of drug-likeness (QED) is 0.184. The van der Waals surface area contributed by atoms with Gasteiger partial charge in [-0.15, -0.1) is 0 Å². The van der Waals surface area contributed by atoms with Crippen LogP contribution in [0, 0.1) is 47.3 Å². The molecule has 8 saturated heterocycles. The minimum absolute atomic E-state index is 0.0639. The predicted molar refractivity (Wildman–Crippen MR) is 173 cm³/mol. The highest BCUT2D eigenvalue weighted by Gasteiger charge is 2.79. The number of likely N-dealkylation sites (N-methyl/N-ethyl adjacent to an activating group) is 1. The second kappa shape index (κ2) is 13.1. The Morgan fingerprint density at radius 3 is 1.31 bits per heavy atom. The highest BCUT2D eigenvalue weighted by Crippen LogP contribution is 2.66. The number of alkyl halides is 6. The van der Waals surface area contributed by atoms with E-state index in [1.807, 2.05) is 0 Å². The van der Waals surface area contributed by atoms with Crippen LogP contribution in [0.1, 0.15) is 92.9 Å². The van der Waals surface area contributed by atoms with Gasteiger partial charge in [-0.2, -0.15) is 26.3 Å². The van der Waals surface area contributed by atoms with Crippen molar-refractivity contribution >= 4 is 0 Å². The van der Waals surface area contributed by atoms with Gasteiger partial charge in [0.25, 0.3) is 11.6 Å². The van der Waals surface area contributed by atoms with E-state index in [1.54, 1.807) is 25.8 Å². The van der Waals surface area contributed by atoms with Crippen molar-refractivity contribution in [1.82, 2.24) is 4.90 Å². The zero-order valence-corrected chi connectivity index (χ0v) is 32.1. The number of halogens is 6. The first-order valence-corrected chi connectivity index (χ1v) is 19.7. The number of nitrogens with zero attached hydrogens (tertiary/aromatic N) is 1. The summed E-state index contributed by atoms with van der Waals surface area (Å²) in [6.07, 6.45) is -8.18. The van der Waals surface area contributed by atoms with Gasteiger partial charge in [0.2, 0.25) is 11.6 Å². The van der Waals surface area contributed by atoms with Crippen LogP contribution in [-0.4, -0.2) is 97.5 Å². The molecule has 2 aliphatic carbocycles. The first-order valence-electron chi connectivity index (χ1n) is 19.7. The van der Waals surface area contributed by atoms with Crippen LogP contribution in [0.2, 0.25) is 0 Å². The molecule has 310 valence electrons. The summed E-state index contributed by atoms with van der Waals surface area (Å²) in [5.41, 5.74) is -2.44. The third-order valence-electron chi connectivity index (χ3n) is 14.9. The Bertz CT molecular complexity index is 1330. The van der Waals surface area contributed by atoms with E-state index < -0.39 is 96.2 Å². The molecule has 10 rings (SSSR count). The molecule has 0 aromatic carbocycles. The van der Waals surface area contributed by atoms with Gasteiger partial charge in [0.05, 0.1) is 13.2 Å². The zero-order chi connectivity index (χ0) is 38.9. The van der Waals surface area contributed by atoms with E-state index in [-0.39, 0.29) is 36.8 Å². The molecule has 0 N–H and O–H groups in total. The van der Waals surface area contributed by atoms with Gasteiger partial charge in [0, 0.05) is 49.6 Å².